The van der Waals surface area contributed by atoms with Gasteiger partial charge in [-0.3, -0.25) is 19.3 Å². The number of unbranched alkanes of at least 4 members (excludes halogenated alkanes) is 4. The number of rotatable bonds is 13. The van der Waals surface area contributed by atoms with Crippen LogP contribution in [0.5, 0.6) is 0 Å². The molecule has 2 rings (SSSR count). The molecule has 0 spiro atoms. The first-order valence-corrected chi connectivity index (χ1v) is 11.6. The van der Waals surface area contributed by atoms with Crippen molar-refractivity contribution in [2.45, 2.75) is 51.4 Å². The molecule has 9 heteroatoms. The summed E-state index contributed by atoms with van der Waals surface area (Å²) in [6, 6.07) is 5.93. The molecule has 2 amide bonds. The molecule has 1 fully saturated rings. The van der Waals surface area contributed by atoms with Crippen molar-refractivity contribution in [3.05, 3.63) is 40.6 Å². The van der Waals surface area contributed by atoms with E-state index in [2.05, 4.69) is 5.32 Å². The van der Waals surface area contributed by atoms with E-state index < -0.39 is 5.97 Å². The van der Waals surface area contributed by atoms with Crippen LogP contribution in [0.4, 0.5) is 4.39 Å². The van der Waals surface area contributed by atoms with Crippen LogP contribution in [-0.2, 0) is 14.4 Å². The molecule has 1 aliphatic heterocycles. The van der Waals surface area contributed by atoms with Crippen molar-refractivity contribution in [3.8, 4) is 0 Å². The van der Waals surface area contributed by atoms with Gasteiger partial charge in [-0.05, 0) is 49.5 Å². The number of carbonyl (C=O) groups excluding carboxylic acids is 2. The lowest BCUT2D eigenvalue weighted by Gasteiger charge is -2.14. The normalized spacial score (nSPS) is 15.0. The van der Waals surface area contributed by atoms with Gasteiger partial charge in [-0.1, -0.05) is 49.0 Å². The van der Waals surface area contributed by atoms with Gasteiger partial charge in [0, 0.05) is 25.9 Å². The SMILES string of the molecule is O=C(O)CCCCCNC(=O)CCCCCN1C(=O)/C(=C/c2ccc(F)cc2)SC1=S. The predicted molar refractivity (Wildman–Crippen MR) is 124 cm³/mol. The van der Waals surface area contributed by atoms with Gasteiger partial charge < -0.3 is 10.4 Å². The number of nitrogens with one attached hydrogen (secondary N) is 1. The van der Waals surface area contributed by atoms with Crippen molar-refractivity contribution in [2.24, 2.45) is 0 Å². The molecule has 6 nitrogen and oxygen atoms in total. The molecular formula is C22H27FN2O4S2. The first kappa shape index (κ1) is 25.0. The van der Waals surface area contributed by atoms with E-state index in [1.165, 1.54) is 23.9 Å². The van der Waals surface area contributed by atoms with Gasteiger partial charge in [0.2, 0.25) is 5.91 Å². The molecule has 1 aromatic rings. The Hall–Kier alpha value is -2.26. The third kappa shape index (κ3) is 9.18. The smallest absolute Gasteiger partial charge is 0.303 e. The van der Waals surface area contributed by atoms with Crippen LogP contribution in [0.3, 0.4) is 0 Å². The number of carboxylic acid groups (broad SMARTS) is 1. The van der Waals surface area contributed by atoms with E-state index in [0.29, 0.717) is 35.2 Å². The maximum Gasteiger partial charge on any atom is 0.303 e. The number of thiocarbonyl (C=S) groups is 1. The molecule has 1 saturated heterocycles. The maximum absolute atomic E-state index is 13.0. The van der Waals surface area contributed by atoms with Crippen LogP contribution in [0.25, 0.3) is 6.08 Å². The van der Waals surface area contributed by atoms with Crippen LogP contribution in [0.2, 0.25) is 0 Å². The number of aliphatic carboxylic acids is 1. The second kappa shape index (κ2) is 13.2. The number of halogens is 1. The van der Waals surface area contributed by atoms with Crippen molar-refractivity contribution in [1.82, 2.24) is 10.2 Å². The topological polar surface area (TPSA) is 86.7 Å². The molecule has 0 atom stereocenters. The van der Waals surface area contributed by atoms with Crippen molar-refractivity contribution < 1.29 is 23.9 Å². The van der Waals surface area contributed by atoms with Gasteiger partial charge in [0.25, 0.3) is 5.91 Å². The molecule has 0 radical (unpaired) electrons. The largest absolute Gasteiger partial charge is 0.481 e. The van der Waals surface area contributed by atoms with Crippen LogP contribution in [0.15, 0.2) is 29.2 Å². The summed E-state index contributed by atoms with van der Waals surface area (Å²) < 4.78 is 13.5. The number of carboxylic acids is 1. The molecular weight excluding hydrogens is 439 g/mol. The summed E-state index contributed by atoms with van der Waals surface area (Å²) in [5.41, 5.74) is 0.745. The highest BCUT2D eigenvalue weighted by molar-refractivity contribution is 8.26. The highest BCUT2D eigenvalue weighted by Gasteiger charge is 2.31. The van der Waals surface area contributed by atoms with Gasteiger partial charge in [0.15, 0.2) is 0 Å². The zero-order chi connectivity index (χ0) is 22.6. The van der Waals surface area contributed by atoms with E-state index in [0.717, 1.165) is 37.7 Å². The number of thioether (sulfide) groups is 1. The quantitative estimate of drug-likeness (QED) is 0.255. The monoisotopic (exact) mass is 466 g/mol. The van der Waals surface area contributed by atoms with Crippen molar-refractivity contribution in [3.63, 3.8) is 0 Å². The van der Waals surface area contributed by atoms with Crippen molar-refractivity contribution in [1.29, 1.82) is 0 Å². The van der Waals surface area contributed by atoms with Crippen molar-refractivity contribution in [2.75, 3.05) is 13.1 Å². The fourth-order valence-corrected chi connectivity index (χ4v) is 4.34. The molecule has 0 aromatic heterocycles. The van der Waals surface area contributed by atoms with Crippen molar-refractivity contribution >= 4 is 52.2 Å². The summed E-state index contributed by atoms with van der Waals surface area (Å²) >= 11 is 6.56. The molecule has 1 aromatic carbocycles. The first-order valence-electron chi connectivity index (χ1n) is 10.4. The Bertz CT molecular complexity index is 827. The maximum atomic E-state index is 13.0. The van der Waals surface area contributed by atoms with Crippen LogP contribution >= 0.6 is 24.0 Å². The molecule has 0 bridgehead atoms. The van der Waals surface area contributed by atoms with E-state index in [4.69, 9.17) is 17.3 Å². The fourth-order valence-electron chi connectivity index (χ4n) is 3.03. The standard InChI is InChI=1S/C22H27FN2O4S2/c23-17-11-9-16(10-12-17)15-18-21(29)25(22(30)31-18)14-6-2-3-7-19(26)24-13-5-1-4-8-20(27)28/h9-12,15H,1-8,13-14H2,(H,24,26)(H,27,28)/b18-15-. The summed E-state index contributed by atoms with van der Waals surface area (Å²) in [5, 5.41) is 11.4. The molecule has 168 valence electrons. The van der Waals surface area contributed by atoms with E-state index in [-0.39, 0.29) is 24.1 Å². The minimum absolute atomic E-state index is 0.00826. The van der Waals surface area contributed by atoms with E-state index in [1.54, 1.807) is 23.1 Å². The second-order valence-electron chi connectivity index (χ2n) is 7.25. The minimum atomic E-state index is -0.792. The summed E-state index contributed by atoms with van der Waals surface area (Å²) in [6.45, 7) is 1.08. The molecule has 0 saturated carbocycles. The van der Waals surface area contributed by atoms with Gasteiger partial charge >= 0.3 is 5.97 Å². The number of hydrogen-bond donors (Lipinski definition) is 2. The lowest BCUT2D eigenvalue weighted by Crippen LogP contribution is -2.29. The first-order chi connectivity index (χ1) is 14.9. The Kier molecular flexibility index (Phi) is 10.7. The summed E-state index contributed by atoms with van der Waals surface area (Å²) in [4.78, 5) is 36.9. The predicted octanol–water partition coefficient (Wildman–Crippen LogP) is 4.35. The second-order valence-corrected chi connectivity index (χ2v) is 8.93. The molecule has 1 heterocycles. The Morgan fingerprint density at radius 2 is 1.74 bits per heavy atom. The summed E-state index contributed by atoms with van der Waals surface area (Å²) in [5.74, 6) is -1.26. The third-order valence-corrected chi connectivity index (χ3v) is 6.09. The number of nitrogens with zero attached hydrogens (tertiary/aromatic N) is 1. The molecule has 1 aliphatic rings. The van der Waals surface area contributed by atoms with Crippen LogP contribution < -0.4 is 5.32 Å². The molecule has 31 heavy (non-hydrogen) atoms. The van der Waals surface area contributed by atoms with Gasteiger partial charge in [0.05, 0.1) is 4.91 Å². The number of amides is 2. The average molecular weight is 467 g/mol. The highest BCUT2D eigenvalue weighted by Crippen LogP contribution is 2.32. The van der Waals surface area contributed by atoms with Gasteiger partial charge in [-0.2, -0.15) is 0 Å². The van der Waals surface area contributed by atoms with Gasteiger partial charge in [0.1, 0.15) is 10.1 Å². The average Bonchev–Trinajstić information content (AvgIpc) is 2.99. The zero-order valence-electron chi connectivity index (χ0n) is 17.3. The molecule has 2 N–H and O–H groups in total. The van der Waals surface area contributed by atoms with E-state index in [1.807, 2.05) is 0 Å². The van der Waals surface area contributed by atoms with Crippen LogP contribution in [0.1, 0.15) is 56.9 Å². The zero-order valence-corrected chi connectivity index (χ0v) is 18.9. The number of benzene rings is 1. The Morgan fingerprint density at radius 3 is 2.45 bits per heavy atom. The lowest BCUT2D eigenvalue weighted by molar-refractivity contribution is -0.137. The fraction of sp³-hybridized carbons (Fsp3) is 0.455. The Balaban J connectivity index is 1.61. The molecule has 0 aliphatic carbocycles. The minimum Gasteiger partial charge on any atom is -0.481 e. The Morgan fingerprint density at radius 1 is 1.06 bits per heavy atom. The van der Waals surface area contributed by atoms with Crippen LogP contribution in [-0.4, -0.2) is 45.2 Å². The number of hydrogen-bond acceptors (Lipinski definition) is 5. The summed E-state index contributed by atoms with van der Waals surface area (Å²) in [7, 11) is 0. The number of carbonyl (C=O) groups is 3. The Labute approximate surface area is 191 Å². The van der Waals surface area contributed by atoms with Gasteiger partial charge in [-0.25, -0.2) is 4.39 Å². The van der Waals surface area contributed by atoms with Gasteiger partial charge in [-0.15, -0.1) is 0 Å². The van der Waals surface area contributed by atoms with E-state index >= 15 is 0 Å². The highest BCUT2D eigenvalue weighted by atomic mass is 32.2. The van der Waals surface area contributed by atoms with E-state index in [9.17, 15) is 18.8 Å². The summed E-state index contributed by atoms with van der Waals surface area (Å²) in [6.07, 6.45) is 6.78. The molecule has 0 unspecified atom stereocenters. The third-order valence-electron chi connectivity index (χ3n) is 4.72. The lowest BCUT2D eigenvalue weighted by atomic mass is 10.1. The van der Waals surface area contributed by atoms with Crippen LogP contribution in [0, 0.1) is 5.82 Å².